The molecule has 5 nitrogen and oxygen atoms in total. The Morgan fingerprint density at radius 2 is 2.08 bits per heavy atom. The first kappa shape index (κ1) is 19.8. The Kier molecular flexibility index (Phi) is 7.34. The summed E-state index contributed by atoms with van der Waals surface area (Å²) in [7, 11) is 1.57. The van der Waals surface area contributed by atoms with Crippen LogP contribution in [0.25, 0.3) is 0 Å². The summed E-state index contributed by atoms with van der Waals surface area (Å²) in [6.45, 7) is 2.44. The van der Waals surface area contributed by atoms with Crippen LogP contribution in [-0.2, 0) is 0 Å². The Morgan fingerprint density at radius 3 is 2.72 bits per heavy atom. The van der Waals surface area contributed by atoms with E-state index in [1.165, 1.54) is 12.3 Å². The van der Waals surface area contributed by atoms with Gasteiger partial charge in [0.1, 0.15) is 0 Å². The number of rotatable bonds is 6. The van der Waals surface area contributed by atoms with Crippen LogP contribution in [0.5, 0.6) is 11.5 Å². The second-order valence-corrected chi connectivity index (χ2v) is 6.80. The lowest BCUT2D eigenvalue weighted by atomic mass is 10.2. The molecule has 8 heteroatoms. The number of carbonyl (C=O) groups excluding carboxylic acids is 1. The topological polar surface area (TPSA) is 59.9 Å². The maximum atomic E-state index is 12.1. The fourth-order valence-corrected chi connectivity index (χ4v) is 3.27. The average molecular weight is 493 g/mol. The SMILES string of the molecule is CCOc1c(I)cc(/C=N/NC(=O)c2ccc(Cl)cc2Cl)cc1OC. The highest BCUT2D eigenvalue weighted by Crippen LogP contribution is 2.33. The Morgan fingerprint density at radius 1 is 1.32 bits per heavy atom. The zero-order valence-electron chi connectivity index (χ0n) is 13.5. The van der Waals surface area contributed by atoms with Crippen molar-refractivity contribution in [1.29, 1.82) is 0 Å². The van der Waals surface area contributed by atoms with E-state index in [1.807, 2.05) is 13.0 Å². The fraction of sp³-hybridized carbons (Fsp3) is 0.176. The van der Waals surface area contributed by atoms with E-state index < -0.39 is 5.91 Å². The summed E-state index contributed by atoms with van der Waals surface area (Å²) < 4.78 is 11.8. The number of hydrazone groups is 1. The predicted octanol–water partition coefficient (Wildman–Crippen LogP) is 4.77. The summed E-state index contributed by atoms with van der Waals surface area (Å²) in [5.41, 5.74) is 3.48. The molecule has 2 aromatic rings. The van der Waals surface area contributed by atoms with E-state index in [0.717, 1.165) is 9.13 Å². The number of hydrogen-bond acceptors (Lipinski definition) is 4. The third-order valence-corrected chi connectivity index (χ3v) is 4.45. The normalized spacial score (nSPS) is 10.8. The molecule has 132 valence electrons. The van der Waals surface area contributed by atoms with Gasteiger partial charge in [-0.3, -0.25) is 4.79 Å². The third kappa shape index (κ3) is 5.23. The number of nitrogens with zero attached hydrogens (tertiary/aromatic N) is 1. The molecule has 0 bridgehead atoms. The molecule has 0 spiro atoms. The second kappa shape index (κ2) is 9.26. The van der Waals surface area contributed by atoms with Crippen molar-refractivity contribution in [2.75, 3.05) is 13.7 Å². The predicted molar refractivity (Wildman–Crippen MR) is 108 cm³/mol. The molecule has 0 aliphatic rings. The Bertz CT molecular complexity index is 813. The molecule has 1 N–H and O–H groups in total. The molecule has 2 aromatic carbocycles. The lowest BCUT2D eigenvalue weighted by Gasteiger charge is -2.12. The van der Waals surface area contributed by atoms with Crippen molar-refractivity contribution in [1.82, 2.24) is 5.43 Å². The number of methoxy groups -OCH3 is 1. The van der Waals surface area contributed by atoms with Crippen molar-refractivity contribution in [2.24, 2.45) is 5.10 Å². The monoisotopic (exact) mass is 492 g/mol. The van der Waals surface area contributed by atoms with E-state index in [2.05, 4.69) is 33.1 Å². The number of carbonyl (C=O) groups is 1. The largest absolute Gasteiger partial charge is 0.493 e. The van der Waals surface area contributed by atoms with Gasteiger partial charge in [0.2, 0.25) is 0 Å². The van der Waals surface area contributed by atoms with E-state index in [4.69, 9.17) is 32.7 Å². The number of halogens is 3. The maximum absolute atomic E-state index is 12.1. The van der Waals surface area contributed by atoms with Crippen LogP contribution in [-0.4, -0.2) is 25.8 Å². The molecular formula is C17H15Cl2IN2O3. The Hall–Kier alpha value is -1.51. The van der Waals surface area contributed by atoms with Gasteiger partial charge in [-0.25, -0.2) is 5.43 Å². The van der Waals surface area contributed by atoms with Gasteiger partial charge in [-0.2, -0.15) is 5.10 Å². The summed E-state index contributed by atoms with van der Waals surface area (Å²) in [6.07, 6.45) is 1.52. The van der Waals surface area contributed by atoms with Crippen molar-refractivity contribution in [3.63, 3.8) is 0 Å². The highest BCUT2D eigenvalue weighted by molar-refractivity contribution is 14.1. The molecule has 1 amide bonds. The number of nitrogens with one attached hydrogen (secondary N) is 1. The van der Waals surface area contributed by atoms with Crippen LogP contribution in [0.4, 0.5) is 0 Å². The van der Waals surface area contributed by atoms with Crippen LogP contribution in [0.1, 0.15) is 22.8 Å². The van der Waals surface area contributed by atoms with Crippen molar-refractivity contribution >= 4 is 57.9 Å². The van der Waals surface area contributed by atoms with Crippen LogP contribution in [0.15, 0.2) is 35.4 Å². The number of amides is 1. The Balaban J connectivity index is 2.14. The van der Waals surface area contributed by atoms with E-state index in [-0.39, 0.29) is 5.02 Å². The van der Waals surface area contributed by atoms with Gasteiger partial charge in [-0.1, -0.05) is 23.2 Å². The van der Waals surface area contributed by atoms with Gasteiger partial charge in [0.25, 0.3) is 5.91 Å². The minimum atomic E-state index is -0.425. The van der Waals surface area contributed by atoms with Crippen LogP contribution in [0.2, 0.25) is 10.0 Å². The van der Waals surface area contributed by atoms with Gasteiger partial charge >= 0.3 is 0 Å². The van der Waals surface area contributed by atoms with Crippen molar-refractivity contribution in [3.05, 3.63) is 55.1 Å². The summed E-state index contributed by atoms with van der Waals surface area (Å²) in [6, 6.07) is 8.28. The minimum Gasteiger partial charge on any atom is -0.493 e. The number of ether oxygens (including phenoxy) is 2. The molecule has 0 aliphatic carbocycles. The summed E-state index contributed by atoms with van der Waals surface area (Å²) >= 11 is 14.0. The van der Waals surface area contributed by atoms with Crippen LogP contribution in [0.3, 0.4) is 0 Å². The average Bonchev–Trinajstić information content (AvgIpc) is 2.56. The molecule has 2 rings (SSSR count). The van der Waals surface area contributed by atoms with Crippen LogP contribution in [0, 0.1) is 3.57 Å². The molecule has 0 aliphatic heterocycles. The summed E-state index contributed by atoms with van der Waals surface area (Å²) in [5.74, 6) is 0.854. The highest BCUT2D eigenvalue weighted by Gasteiger charge is 2.11. The molecule has 25 heavy (non-hydrogen) atoms. The van der Waals surface area contributed by atoms with Crippen molar-refractivity contribution in [3.8, 4) is 11.5 Å². The molecule has 0 unspecified atom stereocenters. The van der Waals surface area contributed by atoms with Gasteiger partial charge in [-0.05, 0) is 65.4 Å². The fourth-order valence-electron chi connectivity index (χ4n) is 2.00. The van der Waals surface area contributed by atoms with E-state index in [1.54, 1.807) is 25.3 Å². The molecule has 0 fully saturated rings. The van der Waals surface area contributed by atoms with Gasteiger partial charge < -0.3 is 9.47 Å². The second-order valence-electron chi connectivity index (χ2n) is 4.79. The van der Waals surface area contributed by atoms with Gasteiger partial charge in [0.15, 0.2) is 11.5 Å². The van der Waals surface area contributed by atoms with Gasteiger partial charge in [-0.15, -0.1) is 0 Å². The smallest absolute Gasteiger partial charge is 0.272 e. The Labute approximate surface area is 169 Å². The highest BCUT2D eigenvalue weighted by atomic mass is 127. The van der Waals surface area contributed by atoms with Gasteiger partial charge in [0, 0.05) is 5.02 Å². The molecule has 0 aromatic heterocycles. The number of hydrogen-bond donors (Lipinski definition) is 1. The molecule has 0 atom stereocenters. The van der Waals surface area contributed by atoms with E-state index >= 15 is 0 Å². The first-order valence-electron chi connectivity index (χ1n) is 7.25. The zero-order chi connectivity index (χ0) is 18.4. The van der Waals surface area contributed by atoms with Crippen molar-refractivity contribution < 1.29 is 14.3 Å². The molecule has 0 saturated carbocycles. The molecule has 0 radical (unpaired) electrons. The number of benzene rings is 2. The first-order valence-corrected chi connectivity index (χ1v) is 9.08. The quantitative estimate of drug-likeness (QED) is 0.359. The molecule has 0 saturated heterocycles. The standard InChI is InChI=1S/C17H15Cl2IN2O3/c1-3-25-16-14(20)6-10(7-15(16)24-2)9-21-22-17(23)12-5-4-11(18)8-13(12)19/h4-9H,3H2,1-2H3,(H,22,23)/b21-9+. The summed E-state index contributed by atoms with van der Waals surface area (Å²) in [5, 5.41) is 4.68. The first-order chi connectivity index (χ1) is 12.0. The molecular weight excluding hydrogens is 478 g/mol. The minimum absolute atomic E-state index is 0.262. The lowest BCUT2D eigenvalue weighted by Crippen LogP contribution is -2.18. The third-order valence-electron chi connectivity index (χ3n) is 3.10. The lowest BCUT2D eigenvalue weighted by molar-refractivity contribution is 0.0955. The van der Waals surface area contributed by atoms with Gasteiger partial charge in [0.05, 0.1) is 34.1 Å². The van der Waals surface area contributed by atoms with Crippen LogP contribution >= 0.6 is 45.8 Å². The van der Waals surface area contributed by atoms with Crippen LogP contribution < -0.4 is 14.9 Å². The van der Waals surface area contributed by atoms with Crippen molar-refractivity contribution in [2.45, 2.75) is 6.92 Å². The maximum Gasteiger partial charge on any atom is 0.272 e. The zero-order valence-corrected chi connectivity index (χ0v) is 17.1. The summed E-state index contributed by atoms with van der Waals surface area (Å²) in [4.78, 5) is 12.1. The molecule has 0 heterocycles. The van der Waals surface area contributed by atoms with E-state index in [9.17, 15) is 4.79 Å². The van der Waals surface area contributed by atoms with E-state index in [0.29, 0.717) is 28.7 Å².